The Labute approximate surface area is 178 Å². The summed E-state index contributed by atoms with van der Waals surface area (Å²) >= 11 is 0. The van der Waals surface area contributed by atoms with E-state index in [1.54, 1.807) is 16.9 Å². The van der Waals surface area contributed by atoms with E-state index in [0.29, 0.717) is 32.6 Å². The van der Waals surface area contributed by atoms with E-state index in [4.69, 9.17) is 10.5 Å². The van der Waals surface area contributed by atoms with Crippen LogP contribution in [-0.4, -0.2) is 54.9 Å². The van der Waals surface area contributed by atoms with Gasteiger partial charge in [-0.15, -0.1) is 12.4 Å². The molecule has 156 valence electrons. The zero-order valence-electron chi connectivity index (χ0n) is 16.8. The van der Waals surface area contributed by atoms with Crippen LogP contribution < -0.4 is 10.5 Å². The van der Waals surface area contributed by atoms with Crippen LogP contribution in [0.25, 0.3) is 0 Å². The molecule has 1 atom stereocenters. The Hall–Kier alpha value is -2.57. The van der Waals surface area contributed by atoms with Gasteiger partial charge in [0.15, 0.2) is 0 Å². The topological polar surface area (TPSA) is 75.9 Å². The van der Waals surface area contributed by atoms with Gasteiger partial charge in [0.25, 0.3) is 0 Å². The van der Waals surface area contributed by atoms with Gasteiger partial charge in [-0.25, -0.2) is 0 Å². The first-order valence-electron chi connectivity index (χ1n) is 9.49. The first kappa shape index (κ1) is 22.7. The standard InChI is InChI=1S/C22H27N3O3.ClH/c1-16-6-8-18(9-7-16)21(23)22(27)25-12-10-24(11-13-25)20(26)15-17-4-3-5-19(14-17)28-2;/h3-9,14,21H,10-13,15,23H2,1-2H3;1H. The minimum Gasteiger partial charge on any atom is -0.497 e. The van der Waals surface area contributed by atoms with E-state index >= 15 is 0 Å². The minimum atomic E-state index is -0.667. The smallest absolute Gasteiger partial charge is 0.244 e. The quantitative estimate of drug-likeness (QED) is 0.810. The van der Waals surface area contributed by atoms with Crippen molar-refractivity contribution < 1.29 is 14.3 Å². The van der Waals surface area contributed by atoms with Gasteiger partial charge in [-0.2, -0.15) is 0 Å². The number of methoxy groups -OCH3 is 1. The van der Waals surface area contributed by atoms with Gasteiger partial charge in [0.1, 0.15) is 11.8 Å². The van der Waals surface area contributed by atoms with E-state index in [1.165, 1.54) is 0 Å². The minimum absolute atomic E-state index is 0. The number of piperazine rings is 1. The van der Waals surface area contributed by atoms with E-state index in [1.807, 2.05) is 55.5 Å². The first-order valence-corrected chi connectivity index (χ1v) is 9.49. The number of rotatable bonds is 5. The largest absolute Gasteiger partial charge is 0.497 e. The lowest BCUT2D eigenvalue weighted by Crippen LogP contribution is -2.52. The third kappa shape index (κ3) is 5.71. The Kier molecular flexibility index (Phi) is 8.05. The van der Waals surface area contributed by atoms with Gasteiger partial charge in [0, 0.05) is 26.2 Å². The van der Waals surface area contributed by atoms with Crippen LogP contribution in [0.3, 0.4) is 0 Å². The lowest BCUT2D eigenvalue weighted by molar-refractivity contribution is -0.140. The highest BCUT2D eigenvalue weighted by Crippen LogP contribution is 2.17. The molecular weight excluding hydrogens is 390 g/mol. The Morgan fingerprint density at radius 3 is 2.28 bits per heavy atom. The number of amides is 2. The van der Waals surface area contributed by atoms with Crippen LogP contribution in [0.15, 0.2) is 48.5 Å². The van der Waals surface area contributed by atoms with Crippen LogP contribution in [0.5, 0.6) is 5.75 Å². The van der Waals surface area contributed by atoms with Crippen molar-refractivity contribution in [1.82, 2.24) is 9.80 Å². The monoisotopic (exact) mass is 417 g/mol. The molecule has 2 aromatic rings. The predicted molar refractivity (Wildman–Crippen MR) is 115 cm³/mol. The third-order valence-electron chi connectivity index (χ3n) is 5.14. The van der Waals surface area contributed by atoms with Crippen molar-refractivity contribution in [3.8, 4) is 5.75 Å². The second-order valence-corrected chi connectivity index (χ2v) is 7.12. The summed E-state index contributed by atoms with van der Waals surface area (Å²) in [7, 11) is 1.61. The SMILES string of the molecule is COc1cccc(CC(=O)N2CCN(C(=O)C(N)c3ccc(C)cc3)CC2)c1.Cl. The third-order valence-corrected chi connectivity index (χ3v) is 5.14. The fourth-order valence-corrected chi connectivity index (χ4v) is 3.36. The highest BCUT2D eigenvalue weighted by atomic mass is 35.5. The summed E-state index contributed by atoms with van der Waals surface area (Å²) in [6, 6.07) is 14.6. The molecule has 0 spiro atoms. The normalized spacial score (nSPS) is 14.7. The van der Waals surface area contributed by atoms with Crippen LogP contribution in [0.2, 0.25) is 0 Å². The molecule has 1 heterocycles. The van der Waals surface area contributed by atoms with Crippen LogP contribution in [-0.2, 0) is 16.0 Å². The van der Waals surface area contributed by atoms with E-state index in [-0.39, 0.29) is 24.2 Å². The Balaban J connectivity index is 0.00000300. The molecule has 0 bridgehead atoms. The van der Waals surface area contributed by atoms with Crippen molar-refractivity contribution in [2.24, 2.45) is 5.73 Å². The molecule has 0 aliphatic carbocycles. The number of carbonyl (C=O) groups is 2. The molecule has 7 heteroatoms. The molecule has 1 saturated heterocycles. The van der Waals surface area contributed by atoms with Gasteiger partial charge in [0.2, 0.25) is 11.8 Å². The second kappa shape index (κ2) is 10.3. The van der Waals surface area contributed by atoms with Gasteiger partial charge in [-0.1, -0.05) is 42.0 Å². The van der Waals surface area contributed by atoms with Crippen molar-refractivity contribution in [1.29, 1.82) is 0 Å². The van der Waals surface area contributed by atoms with Crippen molar-refractivity contribution in [2.75, 3.05) is 33.3 Å². The van der Waals surface area contributed by atoms with Crippen LogP contribution in [0, 0.1) is 6.92 Å². The fourth-order valence-electron chi connectivity index (χ4n) is 3.36. The summed E-state index contributed by atoms with van der Waals surface area (Å²) in [4.78, 5) is 28.8. The number of aryl methyl sites for hydroxylation is 1. The van der Waals surface area contributed by atoms with Crippen LogP contribution in [0.4, 0.5) is 0 Å². The van der Waals surface area contributed by atoms with Gasteiger partial charge in [0.05, 0.1) is 13.5 Å². The molecule has 1 aliphatic rings. The number of nitrogens with two attached hydrogens (primary N) is 1. The van der Waals surface area contributed by atoms with Gasteiger partial charge >= 0.3 is 0 Å². The van der Waals surface area contributed by atoms with Gasteiger partial charge in [-0.05, 0) is 30.2 Å². The molecule has 3 rings (SSSR count). The second-order valence-electron chi connectivity index (χ2n) is 7.12. The number of carbonyl (C=O) groups excluding carboxylic acids is 2. The number of benzene rings is 2. The van der Waals surface area contributed by atoms with Crippen molar-refractivity contribution in [2.45, 2.75) is 19.4 Å². The molecule has 1 aliphatic heterocycles. The van der Waals surface area contributed by atoms with Gasteiger partial charge < -0.3 is 20.3 Å². The molecule has 1 fully saturated rings. The highest BCUT2D eigenvalue weighted by molar-refractivity contribution is 5.85. The maximum absolute atomic E-state index is 12.7. The molecular formula is C22H28ClN3O3. The average molecular weight is 418 g/mol. The molecule has 0 saturated carbocycles. The number of nitrogens with zero attached hydrogens (tertiary/aromatic N) is 2. The van der Waals surface area contributed by atoms with Crippen molar-refractivity contribution in [3.63, 3.8) is 0 Å². The van der Waals surface area contributed by atoms with E-state index < -0.39 is 6.04 Å². The Morgan fingerprint density at radius 1 is 1.03 bits per heavy atom. The summed E-state index contributed by atoms with van der Waals surface area (Å²) in [5.41, 5.74) is 9.02. The summed E-state index contributed by atoms with van der Waals surface area (Å²) < 4.78 is 5.21. The number of hydrogen-bond acceptors (Lipinski definition) is 4. The molecule has 29 heavy (non-hydrogen) atoms. The van der Waals surface area contributed by atoms with Crippen LogP contribution >= 0.6 is 12.4 Å². The molecule has 1 unspecified atom stereocenters. The molecule has 0 aromatic heterocycles. The number of halogens is 1. The first-order chi connectivity index (χ1) is 13.5. The summed E-state index contributed by atoms with van der Waals surface area (Å²) in [5, 5.41) is 0. The van der Waals surface area contributed by atoms with Crippen molar-refractivity contribution >= 4 is 24.2 Å². The predicted octanol–water partition coefficient (Wildman–Crippen LogP) is 2.34. The van der Waals surface area contributed by atoms with E-state index in [9.17, 15) is 9.59 Å². The number of hydrogen-bond donors (Lipinski definition) is 1. The van der Waals surface area contributed by atoms with Crippen LogP contribution in [0.1, 0.15) is 22.7 Å². The maximum atomic E-state index is 12.7. The summed E-state index contributed by atoms with van der Waals surface area (Å²) in [5.74, 6) is 0.706. The molecule has 2 aromatic carbocycles. The van der Waals surface area contributed by atoms with Gasteiger partial charge in [-0.3, -0.25) is 9.59 Å². The zero-order valence-corrected chi connectivity index (χ0v) is 17.7. The molecule has 2 amide bonds. The van der Waals surface area contributed by atoms with E-state index in [0.717, 1.165) is 22.4 Å². The Bertz CT molecular complexity index is 833. The Morgan fingerprint density at radius 2 is 1.66 bits per heavy atom. The molecule has 6 nitrogen and oxygen atoms in total. The average Bonchev–Trinajstić information content (AvgIpc) is 2.73. The molecule has 2 N–H and O–H groups in total. The summed E-state index contributed by atoms with van der Waals surface area (Å²) in [6.45, 7) is 4.05. The molecule has 0 radical (unpaired) electrons. The lowest BCUT2D eigenvalue weighted by atomic mass is 10.0. The van der Waals surface area contributed by atoms with E-state index in [2.05, 4.69) is 0 Å². The number of ether oxygens (including phenoxy) is 1. The summed E-state index contributed by atoms with van der Waals surface area (Å²) in [6.07, 6.45) is 0.327. The van der Waals surface area contributed by atoms with Crippen molar-refractivity contribution in [3.05, 3.63) is 65.2 Å². The fraction of sp³-hybridized carbons (Fsp3) is 0.364. The lowest BCUT2D eigenvalue weighted by Gasteiger charge is -2.36. The maximum Gasteiger partial charge on any atom is 0.244 e. The highest BCUT2D eigenvalue weighted by Gasteiger charge is 2.27. The zero-order chi connectivity index (χ0) is 20.1.